The average molecular weight is 306 g/mol. The van der Waals surface area contributed by atoms with Crippen LogP contribution < -0.4 is 11.1 Å². The summed E-state index contributed by atoms with van der Waals surface area (Å²) in [4.78, 5) is 26.2. The normalized spacial score (nSPS) is 19.2. The van der Waals surface area contributed by atoms with E-state index in [0.29, 0.717) is 19.6 Å². The molecule has 1 fully saturated rings. The third-order valence-electron chi connectivity index (χ3n) is 3.99. The first-order valence-electron chi connectivity index (χ1n) is 7.19. The Morgan fingerprint density at radius 3 is 2.60 bits per heavy atom. The summed E-state index contributed by atoms with van der Waals surface area (Å²) in [7, 11) is 0. The van der Waals surface area contributed by atoms with Crippen LogP contribution in [0.1, 0.15) is 40.0 Å². The molecule has 2 amide bonds. The molecule has 20 heavy (non-hydrogen) atoms. The van der Waals surface area contributed by atoms with Gasteiger partial charge in [0, 0.05) is 31.6 Å². The van der Waals surface area contributed by atoms with E-state index in [9.17, 15) is 9.59 Å². The Balaban J connectivity index is 0.00000361. The fourth-order valence-corrected chi connectivity index (χ4v) is 2.29. The van der Waals surface area contributed by atoms with Gasteiger partial charge in [0.15, 0.2) is 0 Å². The van der Waals surface area contributed by atoms with E-state index in [1.807, 2.05) is 25.7 Å². The molecule has 0 aromatic rings. The highest BCUT2D eigenvalue weighted by molar-refractivity contribution is 5.85. The lowest BCUT2D eigenvalue weighted by Crippen LogP contribution is -2.49. The van der Waals surface area contributed by atoms with Crippen LogP contribution in [0.5, 0.6) is 0 Å². The van der Waals surface area contributed by atoms with Crippen molar-refractivity contribution in [1.82, 2.24) is 10.2 Å². The Morgan fingerprint density at radius 1 is 1.40 bits per heavy atom. The highest BCUT2D eigenvalue weighted by Crippen LogP contribution is 2.26. The zero-order valence-electron chi connectivity index (χ0n) is 12.8. The topological polar surface area (TPSA) is 75.4 Å². The van der Waals surface area contributed by atoms with Crippen LogP contribution in [0.2, 0.25) is 0 Å². The van der Waals surface area contributed by atoms with E-state index < -0.39 is 0 Å². The SMILES string of the molecule is CCC(C)(C)C(=O)N1CCCC(C(=O)NCCN)C1.Cl. The van der Waals surface area contributed by atoms with Crippen molar-refractivity contribution in [2.45, 2.75) is 40.0 Å². The molecule has 0 radical (unpaired) electrons. The maximum atomic E-state index is 12.4. The molecule has 0 aliphatic carbocycles. The van der Waals surface area contributed by atoms with Gasteiger partial charge in [-0.1, -0.05) is 20.8 Å². The zero-order chi connectivity index (χ0) is 14.5. The molecule has 0 aromatic heterocycles. The number of nitrogens with one attached hydrogen (secondary N) is 1. The lowest BCUT2D eigenvalue weighted by molar-refractivity contribution is -0.143. The van der Waals surface area contributed by atoms with Crippen molar-refractivity contribution >= 4 is 24.2 Å². The lowest BCUT2D eigenvalue weighted by Gasteiger charge is -2.36. The largest absolute Gasteiger partial charge is 0.355 e. The predicted octanol–water partition coefficient (Wildman–Crippen LogP) is 1.16. The van der Waals surface area contributed by atoms with Gasteiger partial charge in [0.1, 0.15) is 0 Å². The third-order valence-corrected chi connectivity index (χ3v) is 3.99. The number of carbonyl (C=O) groups is 2. The van der Waals surface area contributed by atoms with Crippen molar-refractivity contribution in [1.29, 1.82) is 0 Å². The first-order chi connectivity index (χ1) is 8.92. The van der Waals surface area contributed by atoms with E-state index in [0.717, 1.165) is 25.8 Å². The van der Waals surface area contributed by atoms with E-state index >= 15 is 0 Å². The standard InChI is InChI=1S/C14H27N3O2.ClH/c1-4-14(2,3)13(19)17-9-5-6-11(10-17)12(18)16-8-7-15;/h11H,4-10,15H2,1-3H3,(H,16,18);1H. The van der Waals surface area contributed by atoms with Crippen LogP contribution in [0.3, 0.4) is 0 Å². The summed E-state index contributed by atoms with van der Waals surface area (Å²) >= 11 is 0. The smallest absolute Gasteiger partial charge is 0.228 e. The van der Waals surface area contributed by atoms with Crippen molar-refractivity contribution < 1.29 is 9.59 Å². The fraction of sp³-hybridized carbons (Fsp3) is 0.857. The second kappa shape index (κ2) is 8.47. The van der Waals surface area contributed by atoms with Gasteiger partial charge in [0.2, 0.25) is 11.8 Å². The molecule has 0 spiro atoms. The molecule has 1 rings (SSSR count). The monoisotopic (exact) mass is 305 g/mol. The Labute approximate surface area is 128 Å². The number of hydrogen-bond donors (Lipinski definition) is 2. The fourth-order valence-electron chi connectivity index (χ4n) is 2.29. The van der Waals surface area contributed by atoms with Gasteiger partial charge in [0.25, 0.3) is 0 Å². The van der Waals surface area contributed by atoms with Gasteiger partial charge in [-0.05, 0) is 19.3 Å². The summed E-state index contributed by atoms with van der Waals surface area (Å²) in [6, 6.07) is 0. The molecule has 1 aliphatic rings. The maximum Gasteiger partial charge on any atom is 0.228 e. The van der Waals surface area contributed by atoms with E-state index in [2.05, 4.69) is 5.32 Å². The van der Waals surface area contributed by atoms with Gasteiger partial charge in [0.05, 0.1) is 5.92 Å². The van der Waals surface area contributed by atoms with Gasteiger partial charge in [-0.2, -0.15) is 0 Å². The molecule has 1 unspecified atom stereocenters. The number of amides is 2. The van der Waals surface area contributed by atoms with Crippen molar-refractivity contribution in [2.24, 2.45) is 17.1 Å². The Hall–Kier alpha value is -0.810. The molecule has 0 aromatic carbocycles. The predicted molar refractivity (Wildman–Crippen MR) is 82.7 cm³/mol. The Morgan fingerprint density at radius 2 is 2.05 bits per heavy atom. The van der Waals surface area contributed by atoms with E-state index in [1.54, 1.807) is 0 Å². The summed E-state index contributed by atoms with van der Waals surface area (Å²) in [6.07, 6.45) is 2.56. The Kier molecular flexibility index (Phi) is 8.13. The van der Waals surface area contributed by atoms with Crippen LogP contribution in [0.4, 0.5) is 0 Å². The van der Waals surface area contributed by atoms with Gasteiger partial charge in [-0.25, -0.2) is 0 Å². The van der Waals surface area contributed by atoms with Gasteiger partial charge >= 0.3 is 0 Å². The Bertz CT molecular complexity index is 334. The van der Waals surface area contributed by atoms with Crippen molar-refractivity contribution in [3.8, 4) is 0 Å². The second-order valence-electron chi connectivity index (χ2n) is 5.91. The van der Waals surface area contributed by atoms with Crippen molar-refractivity contribution in [3.05, 3.63) is 0 Å². The summed E-state index contributed by atoms with van der Waals surface area (Å²) < 4.78 is 0. The quantitative estimate of drug-likeness (QED) is 0.800. The minimum absolute atomic E-state index is 0. The molecule has 6 heteroatoms. The maximum absolute atomic E-state index is 12.4. The average Bonchev–Trinajstić information content (AvgIpc) is 2.43. The van der Waals surface area contributed by atoms with Crippen LogP contribution >= 0.6 is 12.4 Å². The first kappa shape index (κ1) is 19.2. The van der Waals surface area contributed by atoms with Crippen LogP contribution in [0.25, 0.3) is 0 Å². The summed E-state index contributed by atoms with van der Waals surface area (Å²) in [5.74, 6) is 0.0977. The molecule has 0 saturated carbocycles. The van der Waals surface area contributed by atoms with Crippen molar-refractivity contribution in [2.75, 3.05) is 26.2 Å². The van der Waals surface area contributed by atoms with Crippen LogP contribution in [-0.4, -0.2) is 42.9 Å². The number of piperidine rings is 1. The highest BCUT2D eigenvalue weighted by Gasteiger charge is 2.34. The van der Waals surface area contributed by atoms with Crippen LogP contribution in [-0.2, 0) is 9.59 Å². The third kappa shape index (κ3) is 4.94. The highest BCUT2D eigenvalue weighted by atomic mass is 35.5. The number of hydrogen-bond acceptors (Lipinski definition) is 3. The number of rotatable bonds is 5. The molecule has 1 saturated heterocycles. The summed E-state index contributed by atoms with van der Waals surface area (Å²) in [5, 5.41) is 2.81. The number of halogens is 1. The van der Waals surface area contributed by atoms with Gasteiger partial charge < -0.3 is 16.0 Å². The minimum Gasteiger partial charge on any atom is -0.355 e. The van der Waals surface area contributed by atoms with Crippen LogP contribution in [0.15, 0.2) is 0 Å². The molecule has 0 bridgehead atoms. The molecule has 1 atom stereocenters. The molecule has 1 heterocycles. The zero-order valence-corrected chi connectivity index (χ0v) is 13.6. The second-order valence-corrected chi connectivity index (χ2v) is 5.91. The van der Waals surface area contributed by atoms with Crippen LogP contribution in [0, 0.1) is 11.3 Å². The van der Waals surface area contributed by atoms with Crippen molar-refractivity contribution in [3.63, 3.8) is 0 Å². The molecule has 5 nitrogen and oxygen atoms in total. The summed E-state index contributed by atoms with van der Waals surface area (Å²) in [5.41, 5.74) is 5.04. The molecule has 1 aliphatic heterocycles. The molecule has 118 valence electrons. The number of nitrogens with zero attached hydrogens (tertiary/aromatic N) is 1. The molecular weight excluding hydrogens is 278 g/mol. The van der Waals surface area contributed by atoms with E-state index in [4.69, 9.17) is 5.73 Å². The number of likely N-dealkylation sites (tertiary alicyclic amines) is 1. The van der Waals surface area contributed by atoms with Gasteiger partial charge in [-0.3, -0.25) is 9.59 Å². The van der Waals surface area contributed by atoms with Gasteiger partial charge in [-0.15, -0.1) is 12.4 Å². The number of nitrogens with two attached hydrogens (primary N) is 1. The number of carbonyl (C=O) groups excluding carboxylic acids is 2. The first-order valence-corrected chi connectivity index (χ1v) is 7.19. The summed E-state index contributed by atoms with van der Waals surface area (Å²) in [6.45, 7) is 8.21. The molecule has 3 N–H and O–H groups in total. The van der Waals surface area contributed by atoms with E-state index in [-0.39, 0.29) is 35.6 Å². The van der Waals surface area contributed by atoms with E-state index in [1.165, 1.54) is 0 Å². The molecular formula is C14H28ClN3O2. The lowest BCUT2D eigenvalue weighted by atomic mass is 9.86. The minimum atomic E-state index is -0.338.